The minimum absolute atomic E-state index is 0.0944. The Bertz CT molecular complexity index is 1240. The first-order valence-corrected chi connectivity index (χ1v) is 11.4. The lowest BCUT2D eigenvalue weighted by molar-refractivity contribution is -0.384. The van der Waals surface area contributed by atoms with Crippen LogP contribution in [0.4, 0.5) is 28.4 Å². The summed E-state index contributed by atoms with van der Waals surface area (Å²) in [6.07, 6.45) is 1.99. The van der Waals surface area contributed by atoms with Crippen LogP contribution in [0.3, 0.4) is 0 Å². The number of nitrogens with zero attached hydrogens (tertiary/aromatic N) is 5. The molecule has 0 saturated heterocycles. The third-order valence-electron chi connectivity index (χ3n) is 5.74. The molecule has 0 fully saturated rings. The number of nitro benzene ring substituents is 1. The van der Waals surface area contributed by atoms with E-state index in [9.17, 15) is 10.1 Å². The van der Waals surface area contributed by atoms with Gasteiger partial charge in [-0.15, -0.1) is 15.3 Å². The molecule has 3 aromatic rings. The molecular weight excluding hydrogens is 444 g/mol. The molecule has 0 radical (unpaired) electrons. The van der Waals surface area contributed by atoms with Gasteiger partial charge in [0.15, 0.2) is 5.69 Å². The van der Waals surface area contributed by atoms with E-state index in [4.69, 9.17) is 10.5 Å². The van der Waals surface area contributed by atoms with Gasteiger partial charge in [0.1, 0.15) is 11.4 Å². The Labute approximate surface area is 204 Å². The topological polar surface area (TPSA) is 128 Å². The van der Waals surface area contributed by atoms with E-state index in [2.05, 4.69) is 39.5 Å². The largest absolute Gasteiger partial charge is 0.494 e. The minimum Gasteiger partial charge on any atom is -0.494 e. The zero-order valence-electron chi connectivity index (χ0n) is 20.4. The van der Waals surface area contributed by atoms with Crippen LogP contribution < -0.4 is 10.5 Å². The molecule has 0 heterocycles. The molecule has 1 unspecified atom stereocenters. The molecular formula is C26H30N6O3. The maximum absolute atomic E-state index is 11.3. The number of aryl methyl sites for hydroxylation is 2. The van der Waals surface area contributed by atoms with Crippen LogP contribution >= 0.6 is 0 Å². The van der Waals surface area contributed by atoms with Gasteiger partial charge < -0.3 is 10.5 Å². The molecule has 2 N–H and O–H groups in total. The van der Waals surface area contributed by atoms with Crippen LogP contribution in [0.25, 0.3) is 0 Å². The monoisotopic (exact) mass is 474 g/mol. The average Bonchev–Trinajstić information content (AvgIpc) is 2.86. The molecule has 0 saturated carbocycles. The van der Waals surface area contributed by atoms with E-state index < -0.39 is 4.92 Å². The van der Waals surface area contributed by atoms with Crippen LogP contribution in [0.5, 0.6) is 5.75 Å². The lowest BCUT2D eigenvalue weighted by atomic mass is 9.93. The fraction of sp³-hybridized carbons (Fsp3) is 0.308. The zero-order chi connectivity index (χ0) is 25.4. The van der Waals surface area contributed by atoms with Crippen molar-refractivity contribution in [1.82, 2.24) is 0 Å². The predicted octanol–water partition coefficient (Wildman–Crippen LogP) is 7.89. The van der Waals surface area contributed by atoms with Gasteiger partial charge in [-0.05, 0) is 80.1 Å². The molecule has 0 amide bonds. The van der Waals surface area contributed by atoms with Crippen molar-refractivity contribution in [2.24, 2.45) is 26.2 Å². The Morgan fingerprint density at radius 1 is 0.943 bits per heavy atom. The van der Waals surface area contributed by atoms with Crippen LogP contribution in [-0.4, -0.2) is 18.6 Å². The number of ether oxygens (including phenoxy) is 1. The van der Waals surface area contributed by atoms with E-state index in [-0.39, 0.29) is 11.4 Å². The van der Waals surface area contributed by atoms with Crippen molar-refractivity contribution in [3.8, 4) is 5.75 Å². The van der Waals surface area contributed by atoms with Gasteiger partial charge in [-0.25, -0.2) is 0 Å². The van der Waals surface area contributed by atoms with E-state index >= 15 is 0 Å². The standard InChI is InChI=1S/C26H30N6O3/c1-5-19(12-13-27)20-7-9-21(10-8-20)28-31-24-15-18(3)23(16-26(24)35-4)30-29-22-11-6-17(2)14-25(22)32(33)34/h6-11,14-16,19H,5,12-13,27H2,1-4H3/b30-29+,31-28+. The molecule has 3 aromatic carbocycles. The van der Waals surface area contributed by atoms with Crippen LogP contribution in [0.15, 0.2) is 75.1 Å². The Morgan fingerprint density at radius 3 is 2.26 bits per heavy atom. The number of nitro groups is 1. The average molecular weight is 475 g/mol. The molecule has 0 aliphatic heterocycles. The summed E-state index contributed by atoms with van der Waals surface area (Å²) in [6.45, 7) is 6.46. The molecule has 0 aliphatic rings. The van der Waals surface area contributed by atoms with Crippen molar-refractivity contribution >= 4 is 28.4 Å². The molecule has 0 bridgehead atoms. The Kier molecular flexibility index (Phi) is 8.74. The van der Waals surface area contributed by atoms with Crippen LogP contribution in [0.2, 0.25) is 0 Å². The van der Waals surface area contributed by atoms with Gasteiger partial charge in [-0.1, -0.05) is 25.1 Å². The van der Waals surface area contributed by atoms with E-state index in [1.807, 2.05) is 19.1 Å². The van der Waals surface area contributed by atoms with Gasteiger partial charge >= 0.3 is 0 Å². The molecule has 35 heavy (non-hydrogen) atoms. The third kappa shape index (κ3) is 6.54. The fourth-order valence-corrected chi connectivity index (χ4v) is 3.72. The molecule has 0 spiro atoms. The summed E-state index contributed by atoms with van der Waals surface area (Å²) >= 11 is 0. The summed E-state index contributed by atoms with van der Waals surface area (Å²) < 4.78 is 5.48. The molecule has 9 heteroatoms. The van der Waals surface area contributed by atoms with Crippen molar-refractivity contribution < 1.29 is 9.66 Å². The minimum atomic E-state index is -0.467. The van der Waals surface area contributed by atoms with Crippen molar-refractivity contribution in [3.05, 3.63) is 81.4 Å². The Balaban J connectivity index is 1.84. The maximum atomic E-state index is 11.3. The van der Waals surface area contributed by atoms with Gasteiger partial charge in [0.25, 0.3) is 5.69 Å². The third-order valence-corrected chi connectivity index (χ3v) is 5.74. The highest BCUT2D eigenvalue weighted by Crippen LogP contribution is 2.37. The van der Waals surface area contributed by atoms with Crippen LogP contribution in [-0.2, 0) is 0 Å². The summed E-state index contributed by atoms with van der Waals surface area (Å²) in [6, 6.07) is 16.3. The molecule has 0 aliphatic carbocycles. The number of nitrogens with two attached hydrogens (primary N) is 1. The smallest absolute Gasteiger partial charge is 0.296 e. The summed E-state index contributed by atoms with van der Waals surface area (Å²) in [5.74, 6) is 0.911. The van der Waals surface area contributed by atoms with Gasteiger partial charge in [0.05, 0.1) is 23.4 Å². The van der Waals surface area contributed by atoms with Gasteiger partial charge in [-0.3, -0.25) is 10.1 Å². The predicted molar refractivity (Wildman–Crippen MR) is 137 cm³/mol. The number of hydrogen-bond acceptors (Lipinski definition) is 8. The first-order chi connectivity index (χ1) is 16.9. The van der Waals surface area contributed by atoms with Crippen molar-refractivity contribution in [2.75, 3.05) is 13.7 Å². The van der Waals surface area contributed by atoms with E-state index in [1.54, 1.807) is 31.2 Å². The van der Waals surface area contributed by atoms with Gasteiger partial charge in [0, 0.05) is 12.1 Å². The number of methoxy groups -OCH3 is 1. The van der Waals surface area contributed by atoms with Gasteiger partial charge in [0.2, 0.25) is 0 Å². The van der Waals surface area contributed by atoms with Crippen molar-refractivity contribution in [3.63, 3.8) is 0 Å². The summed E-state index contributed by atoms with van der Waals surface area (Å²) in [4.78, 5) is 10.9. The quantitative estimate of drug-likeness (QED) is 0.182. The molecule has 3 rings (SSSR count). The number of rotatable bonds is 10. The lowest BCUT2D eigenvalue weighted by Gasteiger charge is -2.13. The molecule has 9 nitrogen and oxygen atoms in total. The zero-order valence-corrected chi connectivity index (χ0v) is 20.4. The maximum Gasteiger partial charge on any atom is 0.296 e. The number of benzene rings is 3. The summed E-state index contributed by atoms with van der Waals surface area (Å²) in [5, 5.41) is 28.4. The van der Waals surface area contributed by atoms with Crippen LogP contribution in [0, 0.1) is 24.0 Å². The van der Waals surface area contributed by atoms with E-state index in [0.29, 0.717) is 29.6 Å². The Hall–Kier alpha value is -3.98. The second kappa shape index (κ2) is 11.9. The summed E-state index contributed by atoms with van der Waals surface area (Å²) in [5.41, 5.74) is 10.4. The first kappa shape index (κ1) is 25.6. The normalized spacial score (nSPS) is 12.4. The SMILES string of the molecule is CCC(CCN)c1ccc(/N=N/c2cc(C)c(/N=N/c3ccc(C)cc3[N+](=O)[O-])cc2OC)cc1. The second-order valence-electron chi connectivity index (χ2n) is 8.23. The van der Waals surface area contributed by atoms with E-state index in [0.717, 1.165) is 29.7 Å². The molecule has 0 aromatic heterocycles. The highest BCUT2D eigenvalue weighted by Gasteiger charge is 2.14. The lowest BCUT2D eigenvalue weighted by Crippen LogP contribution is -2.06. The molecule has 1 atom stereocenters. The Morgan fingerprint density at radius 2 is 1.63 bits per heavy atom. The highest BCUT2D eigenvalue weighted by atomic mass is 16.6. The van der Waals surface area contributed by atoms with Crippen molar-refractivity contribution in [1.29, 1.82) is 0 Å². The number of hydrogen-bond donors (Lipinski definition) is 1. The first-order valence-electron chi connectivity index (χ1n) is 11.4. The van der Waals surface area contributed by atoms with Crippen LogP contribution in [0.1, 0.15) is 42.4 Å². The fourth-order valence-electron chi connectivity index (χ4n) is 3.72. The summed E-state index contributed by atoms with van der Waals surface area (Å²) in [7, 11) is 1.53. The van der Waals surface area contributed by atoms with Gasteiger partial charge in [-0.2, -0.15) is 5.11 Å². The van der Waals surface area contributed by atoms with E-state index in [1.165, 1.54) is 18.7 Å². The molecule has 182 valence electrons. The highest BCUT2D eigenvalue weighted by molar-refractivity contribution is 5.64. The number of azo groups is 2. The second-order valence-corrected chi connectivity index (χ2v) is 8.23. The van der Waals surface area contributed by atoms with Crippen molar-refractivity contribution in [2.45, 2.75) is 39.5 Å².